The number of nitrogens with zero attached hydrogens (tertiary/aromatic N) is 1. The lowest BCUT2D eigenvalue weighted by Gasteiger charge is -2.24. The second-order valence-corrected chi connectivity index (χ2v) is 8.49. The van der Waals surface area contributed by atoms with Crippen LogP contribution in [0.3, 0.4) is 0 Å². The number of aliphatic hydroxyl groups excluding tert-OH is 1. The number of aliphatic hydroxyl groups is 1. The van der Waals surface area contributed by atoms with E-state index in [0.29, 0.717) is 6.42 Å². The van der Waals surface area contributed by atoms with Crippen LogP contribution in [-0.4, -0.2) is 82.2 Å². The molecule has 4 unspecified atom stereocenters. The van der Waals surface area contributed by atoms with Gasteiger partial charge in [-0.1, -0.05) is 18.2 Å². The minimum absolute atomic E-state index is 0.0492. The number of carbonyl (C=O) groups is 4. The first-order chi connectivity index (χ1) is 17.5. The van der Waals surface area contributed by atoms with Gasteiger partial charge in [0.05, 0.1) is 6.61 Å². The summed E-state index contributed by atoms with van der Waals surface area (Å²) < 4.78 is 0. The van der Waals surface area contributed by atoms with Crippen molar-refractivity contribution in [1.82, 2.24) is 20.9 Å². The van der Waals surface area contributed by atoms with Crippen LogP contribution >= 0.6 is 0 Å². The number of carboxylic acid groups (broad SMARTS) is 1. The predicted octanol–water partition coefficient (Wildman–Crippen LogP) is -2.36. The number of aliphatic carboxylic acids is 1. The van der Waals surface area contributed by atoms with E-state index >= 15 is 0 Å². The SMILES string of the molecule is CC(NC(=O)C(CCCN=C(N)N)NC(=O)C(Cc1c[nH]c2ccccc12)NC(=O)C(N)CO)C(=O)O. The molecule has 0 saturated heterocycles. The maximum Gasteiger partial charge on any atom is 0.325 e. The molecule has 0 aliphatic rings. The molecule has 14 heteroatoms. The molecule has 37 heavy (non-hydrogen) atoms. The summed E-state index contributed by atoms with van der Waals surface area (Å²) >= 11 is 0. The Balaban J connectivity index is 2.26. The summed E-state index contributed by atoms with van der Waals surface area (Å²) in [4.78, 5) is 56.7. The molecule has 0 fully saturated rings. The van der Waals surface area contributed by atoms with Crippen LogP contribution in [-0.2, 0) is 25.6 Å². The highest BCUT2D eigenvalue weighted by atomic mass is 16.4. The number of carboxylic acids is 1. The average Bonchev–Trinajstić information content (AvgIpc) is 3.27. The molecule has 1 aromatic carbocycles. The van der Waals surface area contributed by atoms with Crippen molar-refractivity contribution in [3.63, 3.8) is 0 Å². The molecule has 0 aliphatic heterocycles. The van der Waals surface area contributed by atoms with Gasteiger partial charge in [-0.05, 0) is 31.4 Å². The van der Waals surface area contributed by atoms with Crippen LogP contribution < -0.4 is 33.2 Å². The Morgan fingerprint density at radius 2 is 1.68 bits per heavy atom. The zero-order valence-corrected chi connectivity index (χ0v) is 20.4. The Morgan fingerprint density at radius 3 is 2.32 bits per heavy atom. The molecule has 202 valence electrons. The normalized spacial score (nSPS) is 14.1. The molecule has 0 saturated carbocycles. The number of benzene rings is 1. The molecule has 1 aromatic heterocycles. The monoisotopic (exact) mass is 518 g/mol. The standard InChI is InChI=1S/C23H34N8O6/c1-12(22(36)37)29-20(34)17(7-4-8-27-23(25)26)30-21(35)18(31-19(33)15(24)11-32)9-13-10-28-16-6-3-2-5-14(13)16/h2-3,5-6,10,12,15,17-18,28,32H,4,7-9,11,24H2,1H3,(H,29,34)(H,30,35)(H,31,33)(H,36,37)(H4,25,26,27). The smallest absolute Gasteiger partial charge is 0.325 e. The molecule has 2 aromatic rings. The summed E-state index contributed by atoms with van der Waals surface area (Å²) in [5.41, 5.74) is 17.8. The van der Waals surface area contributed by atoms with Crippen molar-refractivity contribution in [3.8, 4) is 0 Å². The quantitative estimate of drug-likeness (QED) is 0.0735. The van der Waals surface area contributed by atoms with Gasteiger partial charge in [0.15, 0.2) is 5.96 Å². The van der Waals surface area contributed by atoms with Crippen molar-refractivity contribution in [2.75, 3.05) is 13.2 Å². The van der Waals surface area contributed by atoms with Gasteiger partial charge in [-0.15, -0.1) is 0 Å². The number of amides is 3. The summed E-state index contributed by atoms with van der Waals surface area (Å²) in [6.45, 7) is 0.836. The van der Waals surface area contributed by atoms with Crippen LogP contribution in [0.25, 0.3) is 10.9 Å². The number of H-pyrrole nitrogens is 1. The Labute approximate surface area is 213 Å². The average molecular weight is 519 g/mol. The van der Waals surface area contributed by atoms with E-state index in [1.54, 1.807) is 6.20 Å². The number of fused-ring (bicyclic) bond motifs is 1. The van der Waals surface area contributed by atoms with Crippen molar-refractivity contribution in [2.45, 2.75) is 50.4 Å². The molecule has 0 spiro atoms. The molecule has 14 nitrogen and oxygen atoms in total. The van der Waals surface area contributed by atoms with Crippen LogP contribution in [0.4, 0.5) is 0 Å². The van der Waals surface area contributed by atoms with Crippen LogP contribution in [0, 0.1) is 0 Å². The Kier molecular flexibility index (Phi) is 10.8. The van der Waals surface area contributed by atoms with E-state index in [4.69, 9.17) is 22.3 Å². The highest BCUT2D eigenvalue weighted by Gasteiger charge is 2.29. The molecular weight excluding hydrogens is 484 g/mol. The second-order valence-electron chi connectivity index (χ2n) is 8.49. The fourth-order valence-electron chi connectivity index (χ4n) is 3.51. The topological polar surface area (TPSA) is 251 Å². The number of nitrogens with one attached hydrogen (secondary N) is 4. The first-order valence-electron chi connectivity index (χ1n) is 11.6. The summed E-state index contributed by atoms with van der Waals surface area (Å²) in [6, 6.07) is 2.63. The third-order valence-corrected chi connectivity index (χ3v) is 5.57. The predicted molar refractivity (Wildman–Crippen MR) is 136 cm³/mol. The molecule has 3 amide bonds. The van der Waals surface area contributed by atoms with Crippen molar-refractivity contribution >= 4 is 40.6 Å². The highest BCUT2D eigenvalue weighted by Crippen LogP contribution is 2.19. The van der Waals surface area contributed by atoms with E-state index in [0.717, 1.165) is 16.5 Å². The molecule has 12 N–H and O–H groups in total. The Morgan fingerprint density at radius 1 is 1.03 bits per heavy atom. The van der Waals surface area contributed by atoms with Gasteiger partial charge in [0, 0.05) is 30.1 Å². The number of aliphatic imine (C=N–C) groups is 1. The Bertz CT molecular complexity index is 1130. The zero-order valence-electron chi connectivity index (χ0n) is 20.4. The van der Waals surface area contributed by atoms with E-state index in [2.05, 4.69) is 25.9 Å². The van der Waals surface area contributed by atoms with Gasteiger partial charge < -0.3 is 48.3 Å². The minimum atomic E-state index is -1.26. The van der Waals surface area contributed by atoms with E-state index < -0.39 is 54.5 Å². The van der Waals surface area contributed by atoms with Crippen molar-refractivity contribution < 1.29 is 29.4 Å². The van der Waals surface area contributed by atoms with Gasteiger partial charge >= 0.3 is 5.97 Å². The number of nitrogens with two attached hydrogens (primary N) is 3. The number of hydrogen-bond acceptors (Lipinski definition) is 7. The van der Waals surface area contributed by atoms with Gasteiger partial charge in [0.2, 0.25) is 17.7 Å². The molecule has 2 rings (SSSR count). The van der Waals surface area contributed by atoms with Crippen LogP contribution in [0.15, 0.2) is 35.5 Å². The fourth-order valence-corrected chi connectivity index (χ4v) is 3.51. The Hall–Kier alpha value is -4.17. The minimum Gasteiger partial charge on any atom is -0.480 e. The first kappa shape index (κ1) is 29.1. The lowest BCUT2D eigenvalue weighted by atomic mass is 10.0. The highest BCUT2D eigenvalue weighted by molar-refractivity contribution is 5.94. The van der Waals surface area contributed by atoms with E-state index in [9.17, 15) is 24.3 Å². The molecule has 4 atom stereocenters. The summed E-state index contributed by atoms with van der Waals surface area (Å²) in [6.07, 6.45) is 2.14. The lowest BCUT2D eigenvalue weighted by molar-refractivity contribution is -0.141. The number of rotatable bonds is 14. The zero-order chi connectivity index (χ0) is 27.5. The van der Waals surface area contributed by atoms with E-state index in [1.807, 2.05) is 24.3 Å². The number of aromatic nitrogens is 1. The van der Waals surface area contributed by atoms with Crippen LogP contribution in [0.2, 0.25) is 0 Å². The maximum atomic E-state index is 13.3. The van der Waals surface area contributed by atoms with Gasteiger partial charge in [0.1, 0.15) is 24.2 Å². The third-order valence-electron chi connectivity index (χ3n) is 5.57. The van der Waals surface area contributed by atoms with Crippen molar-refractivity contribution in [3.05, 3.63) is 36.0 Å². The number of hydrogen-bond donors (Lipinski definition) is 9. The summed E-state index contributed by atoms with van der Waals surface area (Å²) in [7, 11) is 0. The number of para-hydroxylation sites is 1. The van der Waals surface area contributed by atoms with Crippen LogP contribution in [0.5, 0.6) is 0 Å². The number of carbonyl (C=O) groups excluding carboxylic acids is 3. The van der Waals surface area contributed by atoms with E-state index in [1.165, 1.54) is 6.92 Å². The summed E-state index contributed by atoms with van der Waals surface area (Å²) in [5.74, 6) is -3.56. The van der Waals surface area contributed by atoms with Gasteiger partial charge in [0.25, 0.3) is 0 Å². The largest absolute Gasteiger partial charge is 0.480 e. The van der Waals surface area contributed by atoms with Gasteiger partial charge in [-0.25, -0.2) is 0 Å². The fraction of sp³-hybridized carbons (Fsp3) is 0.435. The first-order valence-corrected chi connectivity index (χ1v) is 11.6. The van der Waals surface area contributed by atoms with Gasteiger partial charge in [-0.3, -0.25) is 24.2 Å². The molecule has 0 radical (unpaired) electrons. The van der Waals surface area contributed by atoms with E-state index in [-0.39, 0.29) is 25.3 Å². The lowest BCUT2D eigenvalue weighted by Crippen LogP contribution is -2.57. The molecule has 0 aliphatic carbocycles. The molecule has 0 bridgehead atoms. The van der Waals surface area contributed by atoms with Crippen molar-refractivity contribution in [1.29, 1.82) is 0 Å². The second kappa shape index (κ2) is 13.8. The molecular formula is C23H34N8O6. The van der Waals surface area contributed by atoms with Crippen LogP contribution in [0.1, 0.15) is 25.3 Å². The maximum absolute atomic E-state index is 13.3. The number of guanidine groups is 1. The number of aromatic amines is 1. The molecule has 1 heterocycles. The third kappa shape index (κ3) is 8.77. The van der Waals surface area contributed by atoms with Gasteiger partial charge in [-0.2, -0.15) is 0 Å². The summed E-state index contributed by atoms with van der Waals surface area (Å²) in [5, 5.41) is 26.7. The van der Waals surface area contributed by atoms with Crippen molar-refractivity contribution in [2.24, 2.45) is 22.2 Å².